The van der Waals surface area contributed by atoms with Crippen LogP contribution in [-0.2, 0) is 10.0 Å². The Balaban J connectivity index is 2.59. The minimum atomic E-state index is -3.54. The van der Waals surface area contributed by atoms with Crippen LogP contribution in [0.2, 0.25) is 0 Å². The van der Waals surface area contributed by atoms with E-state index in [4.69, 9.17) is 9.47 Å². The van der Waals surface area contributed by atoms with Crippen LogP contribution in [0.3, 0.4) is 0 Å². The number of rotatable bonds is 6. The van der Waals surface area contributed by atoms with Crippen LogP contribution in [0.25, 0.3) is 0 Å². The number of amides is 1. The lowest BCUT2D eigenvalue weighted by atomic mass is 10.1. The Morgan fingerprint density at radius 3 is 2.08 bits per heavy atom. The predicted octanol–water partition coefficient (Wildman–Crippen LogP) is 2.51. The van der Waals surface area contributed by atoms with Gasteiger partial charge >= 0.3 is 0 Å². The summed E-state index contributed by atoms with van der Waals surface area (Å²) in [4.78, 5) is 15.0. The molecule has 0 unspecified atom stereocenters. The summed E-state index contributed by atoms with van der Waals surface area (Å²) >= 11 is 0. The summed E-state index contributed by atoms with van der Waals surface area (Å²) in [6.45, 7) is 3.31. The third-order valence-corrected chi connectivity index (χ3v) is 5.84. The number of ether oxygens (including phenoxy) is 2. The largest absolute Gasteiger partial charge is 0.493 e. The Morgan fingerprint density at radius 1 is 1.08 bits per heavy atom. The molecule has 0 saturated carbocycles. The Bertz CT molecular complexity index is 740. The second-order valence-corrected chi connectivity index (χ2v) is 8.27. The molecule has 7 nitrogen and oxygen atoms in total. The normalized spacial score (nSPS) is 15.3. The second-order valence-electron chi connectivity index (χ2n) is 6.36. The van der Waals surface area contributed by atoms with Gasteiger partial charge in [-0.1, -0.05) is 12.8 Å². The molecular formula is C18H28N2O5S. The molecule has 1 aromatic carbocycles. The summed E-state index contributed by atoms with van der Waals surface area (Å²) in [5, 5.41) is 0. The highest BCUT2D eigenvalue weighted by Gasteiger charge is 2.28. The van der Waals surface area contributed by atoms with Crippen LogP contribution in [0.5, 0.6) is 11.5 Å². The van der Waals surface area contributed by atoms with Gasteiger partial charge in [0.25, 0.3) is 5.91 Å². The van der Waals surface area contributed by atoms with Crippen LogP contribution < -0.4 is 13.8 Å². The van der Waals surface area contributed by atoms with Crippen molar-refractivity contribution in [1.82, 2.24) is 4.90 Å². The number of nitrogens with zero attached hydrogens (tertiary/aromatic N) is 2. The van der Waals surface area contributed by atoms with Crippen LogP contribution in [-0.4, -0.2) is 59.3 Å². The molecule has 1 heterocycles. The molecule has 0 aliphatic carbocycles. The number of carbonyl (C=O) groups excluding carboxylic acids is 1. The van der Waals surface area contributed by atoms with Gasteiger partial charge in [0, 0.05) is 25.7 Å². The molecule has 2 rings (SSSR count). The van der Waals surface area contributed by atoms with E-state index in [1.807, 2.05) is 0 Å². The van der Waals surface area contributed by atoms with Crippen LogP contribution in [0.1, 0.15) is 43.0 Å². The minimum Gasteiger partial charge on any atom is -0.493 e. The van der Waals surface area contributed by atoms with Crippen molar-refractivity contribution in [2.45, 2.75) is 32.6 Å². The molecule has 0 spiro atoms. The Morgan fingerprint density at radius 2 is 1.62 bits per heavy atom. The Hall–Kier alpha value is -1.96. The number of hydrogen-bond acceptors (Lipinski definition) is 5. The van der Waals surface area contributed by atoms with Crippen molar-refractivity contribution < 1.29 is 22.7 Å². The van der Waals surface area contributed by atoms with E-state index in [2.05, 4.69) is 0 Å². The van der Waals surface area contributed by atoms with Gasteiger partial charge in [-0.05, 0) is 25.8 Å². The first-order chi connectivity index (χ1) is 12.3. The van der Waals surface area contributed by atoms with E-state index in [1.165, 1.54) is 18.5 Å². The van der Waals surface area contributed by atoms with Crippen molar-refractivity contribution in [2.24, 2.45) is 0 Å². The highest BCUT2D eigenvalue weighted by molar-refractivity contribution is 7.92. The molecule has 26 heavy (non-hydrogen) atoms. The van der Waals surface area contributed by atoms with Gasteiger partial charge in [-0.25, -0.2) is 8.42 Å². The van der Waals surface area contributed by atoms with Gasteiger partial charge < -0.3 is 14.4 Å². The van der Waals surface area contributed by atoms with E-state index in [9.17, 15) is 13.2 Å². The predicted molar refractivity (Wildman–Crippen MR) is 102 cm³/mol. The van der Waals surface area contributed by atoms with E-state index in [1.54, 1.807) is 24.0 Å². The molecule has 0 atom stereocenters. The fraction of sp³-hybridized carbons (Fsp3) is 0.611. The van der Waals surface area contributed by atoms with E-state index in [0.717, 1.165) is 31.9 Å². The Labute approximate surface area is 155 Å². The van der Waals surface area contributed by atoms with Crippen molar-refractivity contribution in [2.75, 3.05) is 44.4 Å². The molecule has 1 aliphatic rings. The maximum atomic E-state index is 13.2. The number of sulfonamides is 1. The number of anilines is 1. The van der Waals surface area contributed by atoms with Crippen LogP contribution >= 0.6 is 0 Å². The minimum absolute atomic E-state index is 0.176. The molecule has 1 aliphatic heterocycles. The fourth-order valence-electron chi connectivity index (χ4n) is 3.27. The zero-order valence-electron chi connectivity index (χ0n) is 15.9. The van der Waals surface area contributed by atoms with Gasteiger partial charge in [0.2, 0.25) is 10.0 Å². The van der Waals surface area contributed by atoms with Gasteiger partial charge in [0.15, 0.2) is 11.5 Å². The third kappa shape index (κ3) is 4.41. The van der Waals surface area contributed by atoms with E-state index in [-0.39, 0.29) is 12.5 Å². The van der Waals surface area contributed by atoms with Gasteiger partial charge in [0.05, 0.1) is 31.7 Å². The lowest BCUT2D eigenvalue weighted by molar-refractivity contribution is 0.0762. The van der Waals surface area contributed by atoms with Gasteiger partial charge in [-0.15, -0.1) is 0 Å². The van der Waals surface area contributed by atoms with E-state index in [0.29, 0.717) is 35.8 Å². The fourth-order valence-corrected chi connectivity index (χ4v) is 4.25. The van der Waals surface area contributed by atoms with Crippen molar-refractivity contribution in [3.8, 4) is 11.5 Å². The summed E-state index contributed by atoms with van der Waals surface area (Å²) in [7, 11) is -0.568. The van der Waals surface area contributed by atoms with Gasteiger partial charge in [0.1, 0.15) is 0 Å². The second kappa shape index (κ2) is 8.62. The molecule has 0 bridgehead atoms. The van der Waals surface area contributed by atoms with Crippen LogP contribution in [0, 0.1) is 0 Å². The van der Waals surface area contributed by atoms with E-state index >= 15 is 0 Å². The first kappa shape index (κ1) is 20.4. The standard InChI is InChI=1S/C18H28N2O5S/c1-5-20(26(4,22)23)15-13-17(25-3)16(24-2)12-14(15)18(21)19-10-8-6-7-9-11-19/h12-13H,5-11H2,1-4H3. The van der Waals surface area contributed by atoms with Crippen molar-refractivity contribution in [3.05, 3.63) is 17.7 Å². The number of carbonyl (C=O) groups is 1. The van der Waals surface area contributed by atoms with E-state index < -0.39 is 10.0 Å². The third-order valence-electron chi connectivity index (χ3n) is 4.58. The smallest absolute Gasteiger partial charge is 0.256 e. The topological polar surface area (TPSA) is 76.2 Å². The average Bonchev–Trinajstić information content (AvgIpc) is 2.89. The number of hydrogen-bond donors (Lipinski definition) is 0. The Kier molecular flexibility index (Phi) is 6.75. The molecule has 1 amide bonds. The SMILES string of the molecule is CCN(c1cc(OC)c(OC)cc1C(=O)N1CCCCCC1)S(C)(=O)=O. The highest BCUT2D eigenvalue weighted by atomic mass is 32.2. The maximum Gasteiger partial charge on any atom is 0.256 e. The zero-order chi connectivity index (χ0) is 19.3. The van der Waals surface area contributed by atoms with Crippen molar-refractivity contribution >= 4 is 21.6 Å². The highest BCUT2D eigenvalue weighted by Crippen LogP contribution is 2.37. The average molecular weight is 384 g/mol. The zero-order valence-corrected chi connectivity index (χ0v) is 16.8. The quantitative estimate of drug-likeness (QED) is 0.753. The lowest BCUT2D eigenvalue weighted by Gasteiger charge is -2.27. The molecule has 8 heteroatoms. The number of methoxy groups -OCH3 is 2. The molecule has 1 saturated heterocycles. The van der Waals surface area contributed by atoms with Crippen molar-refractivity contribution in [3.63, 3.8) is 0 Å². The van der Waals surface area contributed by atoms with Crippen molar-refractivity contribution in [1.29, 1.82) is 0 Å². The number of benzene rings is 1. The monoisotopic (exact) mass is 384 g/mol. The molecular weight excluding hydrogens is 356 g/mol. The summed E-state index contributed by atoms with van der Waals surface area (Å²) < 4.78 is 36.4. The first-order valence-electron chi connectivity index (χ1n) is 8.86. The lowest BCUT2D eigenvalue weighted by Crippen LogP contribution is -2.35. The molecule has 0 N–H and O–H groups in total. The maximum absolute atomic E-state index is 13.2. The molecule has 1 aromatic rings. The van der Waals surface area contributed by atoms with Crippen LogP contribution in [0.15, 0.2) is 12.1 Å². The molecule has 0 radical (unpaired) electrons. The van der Waals surface area contributed by atoms with Gasteiger partial charge in [-0.3, -0.25) is 9.10 Å². The molecule has 146 valence electrons. The summed E-state index contributed by atoms with van der Waals surface area (Å²) in [5.41, 5.74) is 0.638. The summed E-state index contributed by atoms with van der Waals surface area (Å²) in [6, 6.07) is 3.14. The van der Waals surface area contributed by atoms with Crippen LogP contribution in [0.4, 0.5) is 5.69 Å². The molecule has 0 aromatic heterocycles. The summed E-state index contributed by atoms with van der Waals surface area (Å²) in [5.74, 6) is 0.612. The first-order valence-corrected chi connectivity index (χ1v) is 10.7. The number of likely N-dealkylation sites (tertiary alicyclic amines) is 1. The molecule has 1 fully saturated rings. The summed E-state index contributed by atoms with van der Waals surface area (Å²) in [6.07, 6.45) is 5.25. The van der Waals surface area contributed by atoms with Gasteiger partial charge in [-0.2, -0.15) is 0 Å².